The number of nitro benzene ring substituents is 1. The van der Waals surface area contributed by atoms with Crippen molar-refractivity contribution in [3.8, 4) is 0 Å². The summed E-state index contributed by atoms with van der Waals surface area (Å²) in [5.41, 5.74) is 2.35. The molecule has 4 rings (SSSR count). The van der Waals surface area contributed by atoms with E-state index in [-0.39, 0.29) is 22.5 Å². The Bertz CT molecular complexity index is 839. The first-order chi connectivity index (χ1) is 14.1. The molecule has 1 aliphatic carbocycles. The van der Waals surface area contributed by atoms with Crippen LogP contribution in [0.1, 0.15) is 42.7 Å². The highest BCUT2D eigenvalue weighted by atomic mass is 16.6. The molecule has 1 heterocycles. The molecule has 2 fully saturated rings. The van der Waals surface area contributed by atoms with Crippen LogP contribution in [0.2, 0.25) is 0 Å². The molecule has 152 valence electrons. The first kappa shape index (κ1) is 19.6. The van der Waals surface area contributed by atoms with Crippen LogP contribution in [0.25, 0.3) is 0 Å². The van der Waals surface area contributed by atoms with Gasteiger partial charge in [-0.25, -0.2) is 0 Å². The van der Waals surface area contributed by atoms with Crippen molar-refractivity contribution in [2.24, 2.45) is 5.92 Å². The first-order valence-electron chi connectivity index (χ1n) is 10.3. The molecule has 0 bridgehead atoms. The Kier molecular flexibility index (Phi) is 5.90. The summed E-state index contributed by atoms with van der Waals surface area (Å²) in [6.07, 6.45) is 3.88. The Hall–Kier alpha value is -2.73. The number of carbonyl (C=O) groups excluding carboxylic acids is 1. The Morgan fingerprint density at radius 1 is 1.03 bits per heavy atom. The van der Waals surface area contributed by atoms with Crippen LogP contribution < -0.4 is 0 Å². The Balaban J connectivity index is 1.19. The van der Waals surface area contributed by atoms with Crippen LogP contribution in [0.3, 0.4) is 0 Å². The molecular formula is C23H26N2O4. The highest BCUT2D eigenvalue weighted by molar-refractivity contribution is 5.73. The normalized spacial score (nSPS) is 22.6. The van der Waals surface area contributed by atoms with E-state index in [1.165, 1.54) is 5.56 Å². The lowest BCUT2D eigenvalue weighted by Crippen LogP contribution is -2.50. The molecule has 0 aromatic heterocycles. The van der Waals surface area contributed by atoms with Gasteiger partial charge in [0.15, 0.2) is 0 Å². The molecule has 1 aliphatic heterocycles. The van der Waals surface area contributed by atoms with Gasteiger partial charge < -0.3 is 9.64 Å². The third-order valence-electron chi connectivity index (χ3n) is 6.29. The number of nitro groups is 1. The standard InChI is InChI=1S/C23H26N2O4/c26-23(29-16-17-4-2-1-3-5-17)20-14-22(15-20)24-12-10-19(11-13-24)18-6-8-21(9-7-18)25(27)28/h1-9,19-20,22H,10-16H2. The van der Waals surface area contributed by atoms with E-state index in [4.69, 9.17) is 4.74 Å². The average Bonchev–Trinajstić information content (AvgIpc) is 2.72. The van der Waals surface area contributed by atoms with Gasteiger partial charge in [0.25, 0.3) is 5.69 Å². The summed E-state index contributed by atoms with van der Waals surface area (Å²) in [6.45, 7) is 2.37. The largest absolute Gasteiger partial charge is 0.461 e. The van der Waals surface area contributed by atoms with Gasteiger partial charge in [-0.3, -0.25) is 14.9 Å². The maximum Gasteiger partial charge on any atom is 0.309 e. The molecule has 0 N–H and O–H groups in total. The molecule has 1 saturated carbocycles. The summed E-state index contributed by atoms with van der Waals surface area (Å²) < 4.78 is 5.46. The zero-order valence-electron chi connectivity index (χ0n) is 16.4. The van der Waals surface area contributed by atoms with Crippen molar-refractivity contribution in [1.82, 2.24) is 4.90 Å². The molecule has 0 atom stereocenters. The van der Waals surface area contributed by atoms with Crippen LogP contribution >= 0.6 is 0 Å². The van der Waals surface area contributed by atoms with E-state index in [1.54, 1.807) is 12.1 Å². The SMILES string of the molecule is O=C(OCc1ccccc1)C1CC(N2CCC(c3ccc([N+](=O)[O-])cc3)CC2)C1. The van der Waals surface area contributed by atoms with E-state index in [1.807, 2.05) is 42.5 Å². The maximum atomic E-state index is 12.3. The molecule has 0 spiro atoms. The fraction of sp³-hybridized carbons (Fsp3) is 0.435. The summed E-state index contributed by atoms with van der Waals surface area (Å²) in [5.74, 6) is 0.403. The Morgan fingerprint density at radius 2 is 1.69 bits per heavy atom. The highest BCUT2D eigenvalue weighted by Gasteiger charge is 2.40. The van der Waals surface area contributed by atoms with Gasteiger partial charge >= 0.3 is 5.97 Å². The summed E-state index contributed by atoms with van der Waals surface area (Å²) >= 11 is 0. The van der Waals surface area contributed by atoms with Gasteiger partial charge in [0, 0.05) is 18.2 Å². The summed E-state index contributed by atoms with van der Waals surface area (Å²) in [4.78, 5) is 25.2. The summed E-state index contributed by atoms with van der Waals surface area (Å²) in [5, 5.41) is 10.8. The van der Waals surface area contributed by atoms with E-state index >= 15 is 0 Å². The predicted octanol–water partition coefficient (Wildman–Crippen LogP) is 4.30. The van der Waals surface area contributed by atoms with Crippen LogP contribution in [0.4, 0.5) is 5.69 Å². The van der Waals surface area contributed by atoms with Crippen molar-refractivity contribution in [2.45, 2.75) is 44.2 Å². The second-order valence-electron chi connectivity index (χ2n) is 8.07. The number of benzene rings is 2. The Labute approximate surface area is 170 Å². The van der Waals surface area contributed by atoms with Gasteiger partial charge in [-0.2, -0.15) is 0 Å². The Morgan fingerprint density at radius 3 is 2.31 bits per heavy atom. The van der Waals surface area contributed by atoms with Gasteiger partial charge in [-0.15, -0.1) is 0 Å². The minimum Gasteiger partial charge on any atom is -0.461 e. The molecule has 2 aromatic carbocycles. The number of hydrogen-bond donors (Lipinski definition) is 0. The molecule has 6 heteroatoms. The molecular weight excluding hydrogens is 368 g/mol. The molecule has 0 amide bonds. The lowest BCUT2D eigenvalue weighted by atomic mass is 9.78. The fourth-order valence-electron chi connectivity index (χ4n) is 4.39. The van der Waals surface area contributed by atoms with Gasteiger partial charge in [-0.05, 0) is 55.8 Å². The summed E-state index contributed by atoms with van der Waals surface area (Å²) in [7, 11) is 0. The monoisotopic (exact) mass is 394 g/mol. The van der Waals surface area contributed by atoms with Gasteiger partial charge in [0.05, 0.1) is 10.8 Å². The quantitative estimate of drug-likeness (QED) is 0.415. The molecule has 6 nitrogen and oxygen atoms in total. The lowest BCUT2D eigenvalue weighted by molar-refractivity contribution is -0.384. The lowest BCUT2D eigenvalue weighted by Gasteiger charge is -2.44. The van der Waals surface area contributed by atoms with Gasteiger partial charge in [0.2, 0.25) is 0 Å². The van der Waals surface area contributed by atoms with Crippen molar-refractivity contribution in [1.29, 1.82) is 0 Å². The molecule has 0 unspecified atom stereocenters. The zero-order valence-corrected chi connectivity index (χ0v) is 16.4. The second-order valence-corrected chi connectivity index (χ2v) is 8.07. The number of hydrogen-bond acceptors (Lipinski definition) is 5. The number of carbonyl (C=O) groups is 1. The minimum absolute atomic E-state index is 0.0242. The third kappa shape index (κ3) is 4.65. The molecule has 0 radical (unpaired) electrons. The summed E-state index contributed by atoms with van der Waals surface area (Å²) in [6, 6.07) is 17.2. The number of ether oxygens (including phenoxy) is 1. The van der Waals surface area contributed by atoms with E-state index < -0.39 is 0 Å². The zero-order chi connectivity index (χ0) is 20.2. The van der Waals surface area contributed by atoms with E-state index in [9.17, 15) is 14.9 Å². The van der Waals surface area contributed by atoms with Crippen molar-refractivity contribution >= 4 is 11.7 Å². The smallest absolute Gasteiger partial charge is 0.309 e. The van der Waals surface area contributed by atoms with E-state index in [0.717, 1.165) is 44.3 Å². The second kappa shape index (κ2) is 8.74. The van der Waals surface area contributed by atoms with Crippen LogP contribution in [0, 0.1) is 16.0 Å². The van der Waals surface area contributed by atoms with E-state index in [2.05, 4.69) is 4.90 Å². The number of nitrogens with zero attached hydrogens (tertiary/aromatic N) is 2. The fourth-order valence-corrected chi connectivity index (χ4v) is 4.39. The molecule has 2 aromatic rings. The molecule has 1 saturated heterocycles. The van der Waals surface area contributed by atoms with Crippen molar-refractivity contribution in [3.05, 3.63) is 75.8 Å². The first-order valence-corrected chi connectivity index (χ1v) is 10.3. The molecule has 29 heavy (non-hydrogen) atoms. The van der Waals surface area contributed by atoms with Crippen molar-refractivity contribution in [2.75, 3.05) is 13.1 Å². The number of non-ortho nitro benzene ring substituents is 1. The number of piperidine rings is 1. The average molecular weight is 394 g/mol. The topological polar surface area (TPSA) is 72.7 Å². The van der Waals surface area contributed by atoms with Gasteiger partial charge in [0.1, 0.15) is 6.61 Å². The van der Waals surface area contributed by atoms with Crippen LogP contribution in [-0.4, -0.2) is 34.9 Å². The third-order valence-corrected chi connectivity index (χ3v) is 6.29. The van der Waals surface area contributed by atoms with Crippen LogP contribution in [0.15, 0.2) is 54.6 Å². The number of rotatable bonds is 6. The van der Waals surface area contributed by atoms with Crippen molar-refractivity contribution in [3.63, 3.8) is 0 Å². The molecule has 2 aliphatic rings. The number of esters is 1. The minimum atomic E-state index is -0.357. The van der Waals surface area contributed by atoms with Gasteiger partial charge in [-0.1, -0.05) is 42.5 Å². The highest BCUT2D eigenvalue weighted by Crippen LogP contribution is 2.37. The van der Waals surface area contributed by atoms with E-state index in [0.29, 0.717) is 18.6 Å². The van der Waals surface area contributed by atoms with Crippen LogP contribution in [-0.2, 0) is 16.1 Å². The van der Waals surface area contributed by atoms with Crippen molar-refractivity contribution < 1.29 is 14.5 Å². The van der Waals surface area contributed by atoms with Crippen LogP contribution in [0.5, 0.6) is 0 Å². The maximum absolute atomic E-state index is 12.3. The predicted molar refractivity (Wildman–Crippen MR) is 109 cm³/mol. The number of likely N-dealkylation sites (tertiary alicyclic amines) is 1.